The number of rotatable bonds is 3. The van der Waals surface area contributed by atoms with Crippen LogP contribution in [0.25, 0.3) is 11.0 Å². The molecule has 162 valence electrons. The van der Waals surface area contributed by atoms with Gasteiger partial charge in [0.05, 0.1) is 5.39 Å². The number of aromatic nitrogens is 3. The Morgan fingerprint density at radius 3 is 2.38 bits per heavy atom. The minimum atomic E-state index is -0.113. The Hall–Kier alpha value is -1.57. The maximum Gasteiger partial charge on any atom is 0.273 e. The third-order valence-corrected chi connectivity index (χ3v) is 6.54. The second-order valence-electron chi connectivity index (χ2n) is 8.14. The second-order valence-corrected chi connectivity index (χ2v) is 8.14. The van der Waals surface area contributed by atoms with Crippen LogP contribution in [-0.2, 0) is 18.3 Å². The number of H-pyrrole nitrogens is 1. The Morgan fingerprint density at radius 2 is 1.76 bits per heavy atom. The average Bonchev–Trinajstić information content (AvgIpc) is 3.12. The normalized spacial score (nSPS) is 21.3. The molecule has 2 saturated heterocycles. The van der Waals surface area contributed by atoms with Crippen molar-refractivity contribution in [3.63, 3.8) is 0 Å². The van der Waals surface area contributed by atoms with Crippen molar-refractivity contribution in [2.24, 2.45) is 18.9 Å². The Morgan fingerprint density at radius 1 is 1.14 bits per heavy atom. The predicted octanol–water partition coefficient (Wildman–Crippen LogP) is 2.11. The molecule has 7 nitrogen and oxygen atoms in total. The fraction of sp³-hybridized carbons (Fsp3) is 0.650. The molecule has 2 N–H and O–H groups in total. The fourth-order valence-electron chi connectivity index (χ4n) is 4.87. The van der Waals surface area contributed by atoms with Gasteiger partial charge in [0, 0.05) is 32.3 Å². The van der Waals surface area contributed by atoms with Gasteiger partial charge in [-0.25, -0.2) is 4.98 Å². The van der Waals surface area contributed by atoms with Crippen LogP contribution in [0.1, 0.15) is 36.1 Å². The number of amides is 1. The number of aryl methyl sites for hydroxylation is 3. The molecule has 29 heavy (non-hydrogen) atoms. The first-order valence-corrected chi connectivity index (χ1v) is 9.99. The first kappa shape index (κ1) is 23.7. The molecular formula is C20H31Cl2N5O2. The summed E-state index contributed by atoms with van der Waals surface area (Å²) in [6.07, 6.45) is 3.33. The van der Waals surface area contributed by atoms with Gasteiger partial charge in [-0.3, -0.25) is 19.4 Å². The lowest BCUT2D eigenvalue weighted by molar-refractivity contribution is -0.131. The van der Waals surface area contributed by atoms with Crippen LogP contribution in [-0.4, -0.2) is 51.8 Å². The van der Waals surface area contributed by atoms with Gasteiger partial charge in [-0.15, -0.1) is 24.8 Å². The summed E-state index contributed by atoms with van der Waals surface area (Å²) < 4.78 is 1.66. The molecule has 2 aromatic rings. The summed E-state index contributed by atoms with van der Waals surface area (Å²) in [5.41, 5.74) is 3.45. The summed E-state index contributed by atoms with van der Waals surface area (Å²) in [7, 11) is 1.79. The smallest absolute Gasteiger partial charge is 0.273 e. The van der Waals surface area contributed by atoms with E-state index < -0.39 is 0 Å². The van der Waals surface area contributed by atoms with Gasteiger partial charge in [0.25, 0.3) is 5.56 Å². The van der Waals surface area contributed by atoms with Crippen molar-refractivity contribution < 1.29 is 4.79 Å². The lowest BCUT2D eigenvalue weighted by atomic mass is 9.92. The van der Waals surface area contributed by atoms with Crippen molar-refractivity contribution >= 4 is 41.8 Å². The van der Waals surface area contributed by atoms with E-state index in [1.807, 2.05) is 18.7 Å². The van der Waals surface area contributed by atoms with E-state index in [1.54, 1.807) is 11.7 Å². The number of fused-ring (bicyclic) bond motifs is 2. The molecule has 0 spiro atoms. The van der Waals surface area contributed by atoms with Crippen molar-refractivity contribution in [2.45, 2.75) is 39.5 Å². The van der Waals surface area contributed by atoms with Crippen LogP contribution in [0.15, 0.2) is 4.79 Å². The van der Waals surface area contributed by atoms with E-state index in [0.29, 0.717) is 23.9 Å². The van der Waals surface area contributed by atoms with E-state index in [2.05, 4.69) is 15.4 Å². The van der Waals surface area contributed by atoms with E-state index in [1.165, 1.54) is 0 Å². The molecule has 2 fully saturated rings. The van der Waals surface area contributed by atoms with Gasteiger partial charge in [-0.2, -0.15) is 0 Å². The highest BCUT2D eigenvalue weighted by Crippen LogP contribution is 2.28. The molecule has 0 radical (unpaired) electrons. The predicted molar refractivity (Wildman–Crippen MR) is 119 cm³/mol. The molecule has 2 aliphatic heterocycles. The maximum atomic E-state index is 12.8. The van der Waals surface area contributed by atoms with Gasteiger partial charge in [0.15, 0.2) is 5.65 Å². The number of carbonyl (C=O) groups excluding carboxylic acids is 1. The summed E-state index contributed by atoms with van der Waals surface area (Å²) in [5.74, 6) is 1.68. The summed E-state index contributed by atoms with van der Waals surface area (Å²) in [6, 6.07) is 0. The third-order valence-electron chi connectivity index (χ3n) is 6.54. The fourth-order valence-corrected chi connectivity index (χ4v) is 4.87. The van der Waals surface area contributed by atoms with E-state index in [0.717, 1.165) is 67.7 Å². The number of likely N-dealkylation sites (tertiary alicyclic amines) is 1. The molecule has 1 amide bonds. The topological polar surface area (TPSA) is 83.0 Å². The molecule has 0 bridgehead atoms. The summed E-state index contributed by atoms with van der Waals surface area (Å²) in [5, 5.41) is 6.89. The number of hydrogen-bond acceptors (Lipinski definition) is 4. The highest BCUT2D eigenvalue weighted by Gasteiger charge is 2.31. The molecular weight excluding hydrogens is 413 g/mol. The van der Waals surface area contributed by atoms with Gasteiger partial charge in [0.1, 0.15) is 0 Å². The van der Waals surface area contributed by atoms with Crippen molar-refractivity contribution in [3.8, 4) is 0 Å². The zero-order chi connectivity index (χ0) is 19.1. The number of nitrogens with zero attached hydrogens (tertiary/aromatic N) is 3. The van der Waals surface area contributed by atoms with E-state index in [4.69, 9.17) is 0 Å². The Labute approximate surface area is 183 Å². The van der Waals surface area contributed by atoms with Crippen molar-refractivity contribution in [2.75, 3.05) is 26.2 Å². The maximum absolute atomic E-state index is 12.8. The summed E-state index contributed by atoms with van der Waals surface area (Å²) in [4.78, 5) is 31.7. The van der Waals surface area contributed by atoms with Crippen molar-refractivity contribution in [3.05, 3.63) is 27.2 Å². The Bertz CT molecular complexity index is 925. The number of pyridine rings is 1. The molecule has 4 heterocycles. The van der Waals surface area contributed by atoms with Crippen molar-refractivity contribution in [1.29, 1.82) is 0 Å². The number of halogens is 2. The minimum Gasteiger partial charge on any atom is -0.343 e. The lowest BCUT2D eigenvalue weighted by Crippen LogP contribution is -2.33. The molecule has 9 heteroatoms. The highest BCUT2D eigenvalue weighted by molar-refractivity contribution is 5.85. The molecule has 0 aromatic carbocycles. The number of hydrogen-bond donors (Lipinski definition) is 2. The quantitative estimate of drug-likeness (QED) is 0.760. The van der Waals surface area contributed by atoms with Crippen LogP contribution in [0.4, 0.5) is 0 Å². The Kier molecular flexibility index (Phi) is 7.76. The summed E-state index contributed by atoms with van der Waals surface area (Å²) >= 11 is 0. The van der Waals surface area contributed by atoms with E-state index in [-0.39, 0.29) is 36.3 Å². The first-order chi connectivity index (χ1) is 13.0. The average molecular weight is 444 g/mol. The molecule has 0 aliphatic carbocycles. The van der Waals surface area contributed by atoms with E-state index in [9.17, 15) is 9.59 Å². The zero-order valence-corrected chi connectivity index (χ0v) is 18.9. The highest BCUT2D eigenvalue weighted by atomic mass is 35.5. The van der Waals surface area contributed by atoms with Gasteiger partial charge in [-0.05, 0) is 69.2 Å². The zero-order valence-electron chi connectivity index (χ0n) is 17.3. The number of carbonyl (C=O) groups is 1. The van der Waals surface area contributed by atoms with Crippen LogP contribution in [0.2, 0.25) is 0 Å². The van der Waals surface area contributed by atoms with Crippen LogP contribution >= 0.6 is 24.8 Å². The SMILES string of the molecule is Cc1nc2c(c(C)c1CCC(=O)N1CC[C@@H]3CNC[C@@H]3CC1)c(=O)[nH]n2C.Cl.Cl. The lowest BCUT2D eigenvalue weighted by Gasteiger charge is -2.21. The molecule has 2 atom stereocenters. The largest absolute Gasteiger partial charge is 0.343 e. The van der Waals surface area contributed by atoms with Gasteiger partial charge >= 0.3 is 0 Å². The summed E-state index contributed by atoms with van der Waals surface area (Å²) in [6.45, 7) is 7.87. The van der Waals surface area contributed by atoms with Gasteiger partial charge in [-0.1, -0.05) is 0 Å². The number of aromatic amines is 1. The first-order valence-electron chi connectivity index (χ1n) is 9.99. The third kappa shape index (κ3) is 4.47. The molecule has 2 aliphatic rings. The molecule has 0 unspecified atom stereocenters. The molecule has 2 aromatic heterocycles. The Balaban J connectivity index is 0.00000150. The van der Waals surface area contributed by atoms with E-state index >= 15 is 0 Å². The van der Waals surface area contributed by atoms with Crippen LogP contribution in [0, 0.1) is 25.7 Å². The monoisotopic (exact) mass is 443 g/mol. The van der Waals surface area contributed by atoms with Crippen LogP contribution < -0.4 is 10.9 Å². The van der Waals surface area contributed by atoms with Crippen LogP contribution in [0.3, 0.4) is 0 Å². The molecule has 0 saturated carbocycles. The molecule has 4 rings (SSSR count). The second kappa shape index (κ2) is 9.49. The standard InChI is InChI=1S/C20H29N5O2.2ClH/c1-12-16(13(2)22-19-18(12)20(27)23-24(19)3)4-5-17(26)25-8-6-14-10-21-11-15(14)7-9-25;;/h14-15,21H,4-11H2,1-3H3,(H,23,27);2*1H/t14-,15+;;. The minimum absolute atomic E-state index is 0. The van der Waals surface area contributed by atoms with Crippen molar-refractivity contribution in [1.82, 2.24) is 25.0 Å². The number of nitrogens with one attached hydrogen (secondary N) is 2. The van der Waals surface area contributed by atoms with Crippen LogP contribution in [0.5, 0.6) is 0 Å². The van der Waals surface area contributed by atoms with Gasteiger partial charge in [0.2, 0.25) is 5.91 Å². The van der Waals surface area contributed by atoms with Gasteiger partial charge < -0.3 is 10.2 Å².